The highest BCUT2D eigenvalue weighted by molar-refractivity contribution is 7.15. The number of aryl methyl sites for hydroxylation is 1. The smallest absolute Gasteiger partial charge is 0.230 e. The second kappa shape index (κ2) is 7.55. The average Bonchev–Trinajstić information content (AvgIpc) is 3.24. The van der Waals surface area contributed by atoms with E-state index in [1.165, 1.54) is 16.9 Å². The number of aromatic nitrogens is 2. The third kappa shape index (κ3) is 3.89. The van der Waals surface area contributed by atoms with Gasteiger partial charge in [-0.15, -0.1) is 11.3 Å². The van der Waals surface area contributed by atoms with Crippen LogP contribution in [0.1, 0.15) is 18.2 Å². The molecule has 1 amide bonds. The van der Waals surface area contributed by atoms with Crippen molar-refractivity contribution in [2.75, 3.05) is 5.32 Å². The lowest BCUT2D eigenvalue weighted by Gasteiger charge is -2.06. The molecule has 0 bridgehead atoms. The molecule has 0 saturated carbocycles. The van der Waals surface area contributed by atoms with Crippen LogP contribution in [0.3, 0.4) is 0 Å². The maximum atomic E-state index is 12.5. The number of imidazole rings is 1. The predicted octanol–water partition coefficient (Wildman–Crippen LogP) is 5.46. The van der Waals surface area contributed by atoms with Crippen LogP contribution in [0, 0.1) is 0 Å². The van der Waals surface area contributed by atoms with Gasteiger partial charge in [0.2, 0.25) is 5.91 Å². The van der Waals surface area contributed by atoms with Gasteiger partial charge in [0.1, 0.15) is 0 Å². The number of hydrogen-bond donors (Lipinski definition) is 1. The second-order valence-electron chi connectivity index (χ2n) is 6.29. The molecule has 4 aromatic rings. The van der Waals surface area contributed by atoms with Gasteiger partial charge in [0.15, 0.2) is 4.96 Å². The summed E-state index contributed by atoms with van der Waals surface area (Å²) >= 11 is 7.61. The average molecular weight is 396 g/mol. The zero-order valence-corrected chi connectivity index (χ0v) is 16.3. The van der Waals surface area contributed by atoms with Crippen molar-refractivity contribution in [3.05, 3.63) is 76.4 Å². The van der Waals surface area contributed by atoms with E-state index in [1.54, 1.807) is 0 Å². The van der Waals surface area contributed by atoms with Gasteiger partial charge in [0, 0.05) is 33.5 Å². The van der Waals surface area contributed by atoms with Crippen LogP contribution in [0.15, 0.2) is 60.1 Å². The van der Waals surface area contributed by atoms with E-state index in [-0.39, 0.29) is 5.91 Å². The number of thiazole rings is 1. The fourth-order valence-corrected chi connectivity index (χ4v) is 4.05. The Morgan fingerprint density at radius 1 is 1.22 bits per heavy atom. The molecule has 0 saturated heterocycles. The van der Waals surface area contributed by atoms with E-state index in [0.717, 1.165) is 34.0 Å². The number of hydrogen-bond acceptors (Lipinski definition) is 3. The summed E-state index contributed by atoms with van der Waals surface area (Å²) in [4.78, 5) is 18.0. The normalized spacial score (nSPS) is 11.0. The summed E-state index contributed by atoms with van der Waals surface area (Å²) < 4.78 is 1.98. The lowest BCUT2D eigenvalue weighted by atomic mass is 10.1. The largest absolute Gasteiger partial charge is 0.326 e. The summed E-state index contributed by atoms with van der Waals surface area (Å²) in [6.07, 6.45) is 3.19. The van der Waals surface area contributed by atoms with Gasteiger partial charge in [0.25, 0.3) is 0 Å². The zero-order valence-electron chi connectivity index (χ0n) is 14.8. The van der Waals surface area contributed by atoms with Crippen molar-refractivity contribution in [2.45, 2.75) is 19.8 Å². The molecular formula is C21H18ClN3OS. The summed E-state index contributed by atoms with van der Waals surface area (Å²) in [5, 5.41) is 5.64. The lowest BCUT2D eigenvalue weighted by molar-refractivity contribution is -0.115. The highest BCUT2D eigenvalue weighted by Crippen LogP contribution is 2.26. The summed E-state index contributed by atoms with van der Waals surface area (Å²) in [7, 11) is 0. The molecule has 0 radical (unpaired) electrons. The summed E-state index contributed by atoms with van der Waals surface area (Å²) in [5.74, 6) is -0.0408. The number of halogens is 1. The van der Waals surface area contributed by atoms with Crippen LogP contribution in [0.5, 0.6) is 0 Å². The Morgan fingerprint density at radius 3 is 2.89 bits per heavy atom. The van der Waals surface area contributed by atoms with Crippen molar-refractivity contribution in [3.8, 4) is 11.3 Å². The molecular weight excluding hydrogens is 378 g/mol. The van der Waals surface area contributed by atoms with Gasteiger partial charge in [-0.25, -0.2) is 4.98 Å². The predicted molar refractivity (Wildman–Crippen MR) is 112 cm³/mol. The Labute approximate surface area is 166 Å². The monoisotopic (exact) mass is 395 g/mol. The highest BCUT2D eigenvalue weighted by Gasteiger charge is 2.13. The number of fused-ring (bicyclic) bond motifs is 1. The summed E-state index contributed by atoms with van der Waals surface area (Å²) in [6, 6.07) is 15.6. The van der Waals surface area contributed by atoms with Crippen molar-refractivity contribution in [1.29, 1.82) is 0 Å². The number of rotatable bonds is 5. The third-order valence-corrected chi connectivity index (χ3v) is 5.49. The van der Waals surface area contributed by atoms with Gasteiger partial charge in [-0.3, -0.25) is 9.20 Å². The van der Waals surface area contributed by atoms with Gasteiger partial charge >= 0.3 is 0 Å². The van der Waals surface area contributed by atoms with Gasteiger partial charge in [0.05, 0.1) is 12.1 Å². The first-order valence-corrected chi connectivity index (χ1v) is 9.98. The minimum absolute atomic E-state index is 0.0408. The van der Waals surface area contributed by atoms with Crippen LogP contribution in [0.25, 0.3) is 16.2 Å². The second-order valence-corrected chi connectivity index (χ2v) is 7.57. The van der Waals surface area contributed by atoms with Crippen LogP contribution in [0.4, 0.5) is 5.69 Å². The Bertz CT molecular complexity index is 1120. The molecule has 0 unspecified atom stereocenters. The Balaban J connectivity index is 1.54. The number of amides is 1. The van der Waals surface area contributed by atoms with Crippen LogP contribution < -0.4 is 5.32 Å². The van der Waals surface area contributed by atoms with Crippen LogP contribution in [-0.2, 0) is 17.6 Å². The maximum Gasteiger partial charge on any atom is 0.230 e. The molecule has 0 aliphatic rings. The molecule has 0 fully saturated rings. The number of anilines is 1. The van der Waals surface area contributed by atoms with E-state index in [9.17, 15) is 4.79 Å². The quantitative estimate of drug-likeness (QED) is 0.487. The SMILES string of the molecule is CCc1cccc(NC(=O)Cc2csc3nc(-c4cccc(Cl)c4)cn23)c1. The number of nitrogens with one attached hydrogen (secondary N) is 1. The summed E-state index contributed by atoms with van der Waals surface area (Å²) in [6.45, 7) is 2.10. The fourth-order valence-electron chi connectivity index (χ4n) is 2.98. The maximum absolute atomic E-state index is 12.5. The number of nitrogens with zero attached hydrogens (tertiary/aromatic N) is 2. The molecule has 2 aromatic carbocycles. The molecule has 1 N–H and O–H groups in total. The van der Waals surface area contributed by atoms with Crippen molar-refractivity contribution < 1.29 is 4.79 Å². The van der Waals surface area contributed by atoms with Gasteiger partial charge in [-0.1, -0.05) is 42.8 Å². The molecule has 6 heteroatoms. The fraction of sp³-hybridized carbons (Fsp3) is 0.143. The molecule has 0 aliphatic carbocycles. The van der Waals surface area contributed by atoms with E-state index in [1.807, 2.05) is 58.4 Å². The molecule has 2 aromatic heterocycles. The van der Waals surface area contributed by atoms with Crippen LogP contribution >= 0.6 is 22.9 Å². The van der Waals surface area contributed by atoms with Gasteiger partial charge < -0.3 is 5.32 Å². The number of carbonyl (C=O) groups excluding carboxylic acids is 1. The zero-order chi connectivity index (χ0) is 18.8. The molecule has 0 atom stereocenters. The van der Waals surface area contributed by atoms with Crippen molar-refractivity contribution >= 4 is 39.5 Å². The molecule has 4 nitrogen and oxygen atoms in total. The van der Waals surface area contributed by atoms with Crippen molar-refractivity contribution in [3.63, 3.8) is 0 Å². The third-order valence-electron chi connectivity index (χ3n) is 4.36. The molecule has 0 spiro atoms. The van der Waals surface area contributed by atoms with E-state index in [2.05, 4.69) is 23.3 Å². The minimum atomic E-state index is -0.0408. The van der Waals surface area contributed by atoms with Crippen LogP contribution in [0.2, 0.25) is 5.02 Å². The molecule has 0 aliphatic heterocycles. The van der Waals surface area contributed by atoms with Crippen molar-refractivity contribution in [2.24, 2.45) is 0 Å². The number of benzene rings is 2. The van der Waals surface area contributed by atoms with E-state index in [0.29, 0.717) is 11.4 Å². The van der Waals surface area contributed by atoms with E-state index in [4.69, 9.17) is 11.6 Å². The molecule has 27 heavy (non-hydrogen) atoms. The Morgan fingerprint density at radius 2 is 2.07 bits per heavy atom. The first-order chi connectivity index (χ1) is 13.1. The Hall–Kier alpha value is -2.63. The highest BCUT2D eigenvalue weighted by atomic mass is 35.5. The van der Waals surface area contributed by atoms with Gasteiger partial charge in [-0.05, 0) is 36.2 Å². The molecule has 136 valence electrons. The molecule has 2 heterocycles. The topological polar surface area (TPSA) is 46.4 Å². The minimum Gasteiger partial charge on any atom is -0.326 e. The Kier molecular flexibility index (Phi) is 4.97. The molecule has 4 rings (SSSR count). The summed E-state index contributed by atoms with van der Waals surface area (Å²) in [5.41, 5.74) is 4.76. The van der Waals surface area contributed by atoms with Gasteiger partial charge in [-0.2, -0.15) is 0 Å². The lowest BCUT2D eigenvalue weighted by Crippen LogP contribution is -2.15. The standard InChI is InChI=1S/C21H18ClN3OS/c1-2-14-5-3-8-17(9-14)23-20(26)11-18-13-27-21-24-19(12-25(18)21)15-6-4-7-16(22)10-15/h3-10,12-13H,2,11H2,1H3,(H,23,26). The first kappa shape index (κ1) is 17.8. The van der Waals surface area contributed by atoms with Crippen LogP contribution in [-0.4, -0.2) is 15.3 Å². The first-order valence-electron chi connectivity index (χ1n) is 8.72. The number of carbonyl (C=O) groups is 1. The van der Waals surface area contributed by atoms with E-state index < -0.39 is 0 Å². The van der Waals surface area contributed by atoms with Crippen molar-refractivity contribution in [1.82, 2.24) is 9.38 Å². The van der Waals surface area contributed by atoms with E-state index >= 15 is 0 Å².